The highest BCUT2D eigenvalue weighted by atomic mass is 32.3. The lowest BCUT2D eigenvalue weighted by molar-refractivity contribution is -0.140. The molecule has 1 unspecified atom stereocenters. The van der Waals surface area contributed by atoms with Gasteiger partial charge in [-0.15, -0.1) is 3.77 Å². The lowest BCUT2D eigenvalue weighted by Crippen LogP contribution is -2.11. The number of hydrogen-bond acceptors (Lipinski definition) is 4. The van der Waals surface area contributed by atoms with Gasteiger partial charge in [-0.05, 0) is 24.6 Å². The first-order valence-electron chi connectivity index (χ1n) is 7.74. The lowest BCUT2D eigenvalue weighted by Gasteiger charge is -2.09. The molecule has 0 saturated heterocycles. The second-order valence-electron chi connectivity index (χ2n) is 5.49. The first-order chi connectivity index (χ1) is 11.9. The van der Waals surface area contributed by atoms with Gasteiger partial charge in [-0.3, -0.25) is 4.79 Å². The van der Waals surface area contributed by atoms with Crippen LogP contribution in [0.1, 0.15) is 17.5 Å². The van der Waals surface area contributed by atoms with Crippen LogP contribution >= 0.6 is 0 Å². The Balaban J connectivity index is 2.30. The van der Waals surface area contributed by atoms with Crippen molar-refractivity contribution in [2.45, 2.75) is 24.0 Å². The number of methoxy groups -OCH3 is 1. The maximum Gasteiger partial charge on any atom is 0.306 e. The fraction of sp³-hybridized carbons (Fsp3) is 0.278. The minimum absolute atomic E-state index is 0.138. The molecule has 2 rings (SSSR count). The molecule has 0 amide bonds. The molecule has 0 N–H and O–H groups in total. The van der Waals surface area contributed by atoms with Crippen molar-refractivity contribution in [3.63, 3.8) is 0 Å². The molecule has 0 aliphatic heterocycles. The van der Waals surface area contributed by atoms with Crippen molar-refractivity contribution in [1.82, 2.24) is 0 Å². The molecular formula is C18H21NO4S2. The maximum atomic E-state index is 12.6. The van der Waals surface area contributed by atoms with Crippen LogP contribution in [0, 0.1) is 6.92 Å². The van der Waals surface area contributed by atoms with Gasteiger partial charge in [0.1, 0.15) is 0 Å². The predicted molar refractivity (Wildman–Crippen MR) is 99.8 cm³/mol. The van der Waals surface area contributed by atoms with Crippen molar-refractivity contribution >= 4 is 26.7 Å². The quantitative estimate of drug-likeness (QED) is 0.692. The SMILES string of the molecule is COC(=O)CCS(Cc1ccccc1)=NS(=O)(=O)c1ccc(C)cc1. The van der Waals surface area contributed by atoms with Crippen molar-refractivity contribution in [2.75, 3.05) is 12.9 Å². The first kappa shape index (κ1) is 19.3. The number of sulfonamides is 1. The van der Waals surface area contributed by atoms with E-state index >= 15 is 0 Å². The molecule has 0 aliphatic rings. The number of rotatable bonds is 7. The molecule has 0 heterocycles. The van der Waals surface area contributed by atoms with Crippen LogP contribution < -0.4 is 0 Å². The van der Waals surface area contributed by atoms with Crippen molar-refractivity contribution in [3.05, 3.63) is 65.7 Å². The summed E-state index contributed by atoms with van der Waals surface area (Å²) < 4.78 is 33.9. The standard InChI is InChI=1S/C18H21NO4S2/c1-15-8-10-17(11-9-15)25(21,22)19-24(13-12-18(20)23-2)14-16-6-4-3-5-7-16/h3-11H,12-14H2,1-2H3. The van der Waals surface area contributed by atoms with Gasteiger partial charge in [-0.25, -0.2) is 0 Å². The molecule has 7 heteroatoms. The van der Waals surface area contributed by atoms with Crippen LogP contribution in [0.5, 0.6) is 0 Å². The van der Waals surface area contributed by atoms with E-state index in [0.717, 1.165) is 11.1 Å². The minimum atomic E-state index is -3.77. The van der Waals surface area contributed by atoms with E-state index in [0.29, 0.717) is 11.5 Å². The highest BCUT2D eigenvalue weighted by molar-refractivity contribution is 7.99. The summed E-state index contributed by atoms with van der Waals surface area (Å²) in [6.45, 7) is 1.89. The topological polar surface area (TPSA) is 72.8 Å². The van der Waals surface area contributed by atoms with E-state index in [-0.39, 0.29) is 17.3 Å². The molecule has 0 saturated carbocycles. The summed E-state index contributed by atoms with van der Waals surface area (Å²) in [5.41, 5.74) is 1.96. The second-order valence-corrected chi connectivity index (χ2v) is 9.12. The van der Waals surface area contributed by atoms with Gasteiger partial charge in [-0.1, -0.05) is 58.7 Å². The van der Waals surface area contributed by atoms with E-state index in [2.05, 4.69) is 8.50 Å². The van der Waals surface area contributed by atoms with Crippen LogP contribution in [0.25, 0.3) is 0 Å². The number of esters is 1. The molecule has 134 valence electrons. The summed E-state index contributed by atoms with van der Waals surface area (Å²) in [5.74, 6) is 0.448. The Kier molecular flexibility index (Phi) is 6.90. The van der Waals surface area contributed by atoms with Crippen LogP contribution in [-0.4, -0.2) is 27.2 Å². The van der Waals surface area contributed by atoms with Gasteiger partial charge in [-0.2, -0.15) is 8.42 Å². The molecular weight excluding hydrogens is 358 g/mol. The van der Waals surface area contributed by atoms with Crippen molar-refractivity contribution in [3.8, 4) is 0 Å². The van der Waals surface area contributed by atoms with E-state index in [1.54, 1.807) is 24.3 Å². The summed E-state index contributed by atoms with van der Waals surface area (Å²) in [6.07, 6.45) is 0.138. The van der Waals surface area contributed by atoms with Crippen molar-refractivity contribution in [2.24, 2.45) is 3.77 Å². The molecule has 0 aliphatic carbocycles. The van der Waals surface area contributed by atoms with Crippen LogP contribution in [0.15, 0.2) is 63.3 Å². The summed E-state index contributed by atoms with van der Waals surface area (Å²) in [4.78, 5) is 11.6. The molecule has 2 aromatic rings. The van der Waals surface area contributed by atoms with Crippen LogP contribution in [0.2, 0.25) is 0 Å². The Morgan fingerprint density at radius 1 is 1.08 bits per heavy atom. The highest BCUT2D eigenvalue weighted by Gasteiger charge is 2.15. The summed E-state index contributed by atoms with van der Waals surface area (Å²) in [6, 6.07) is 16.1. The van der Waals surface area contributed by atoms with Gasteiger partial charge >= 0.3 is 5.97 Å². The average molecular weight is 380 g/mol. The molecule has 5 nitrogen and oxygen atoms in total. The van der Waals surface area contributed by atoms with Gasteiger partial charge in [0, 0.05) is 11.5 Å². The number of hydrogen-bond donors (Lipinski definition) is 0. The van der Waals surface area contributed by atoms with E-state index in [9.17, 15) is 13.2 Å². The van der Waals surface area contributed by atoms with Gasteiger partial charge in [0.15, 0.2) is 0 Å². The van der Waals surface area contributed by atoms with Crippen molar-refractivity contribution < 1.29 is 17.9 Å². The molecule has 0 spiro atoms. The minimum Gasteiger partial charge on any atom is -0.469 e. The van der Waals surface area contributed by atoms with Crippen LogP contribution in [0.4, 0.5) is 0 Å². The molecule has 0 fully saturated rings. The zero-order valence-corrected chi connectivity index (χ0v) is 15.8. The van der Waals surface area contributed by atoms with Gasteiger partial charge < -0.3 is 4.74 Å². The normalized spacial score (nSPS) is 12.7. The number of carbonyl (C=O) groups is 1. The monoisotopic (exact) mass is 379 g/mol. The first-order valence-corrected chi connectivity index (χ1v) is 10.7. The average Bonchev–Trinajstić information content (AvgIpc) is 2.60. The second kappa shape index (κ2) is 8.92. The Morgan fingerprint density at radius 2 is 1.72 bits per heavy atom. The third-order valence-corrected chi connectivity index (χ3v) is 7.31. The number of nitrogens with zero attached hydrogens (tertiary/aromatic N) is 1. The third-order valence-electron chi connectivity index (χ3n) is 3.47. The fourth-order valence-corrected chi connectivity index (χ4v) is 5.66. The number of carbonyl (C=O) groups excluding carboxylic acids is 1. The van der Waals surface area contributed by atoms with Crippen LogP contribution in [0.3, 0.4) is 0 Å². The zero-order chi connectivity index (χ0) is 18.3. The van der Waals surface area contributed by atoms with Crippen molar-refractivity contribution in [1.29, 1.82) is 0 Å². The third kappa shape index (κ3) is 6.10. The largest absolute Gasteiger partial charge is 0.469 e. The Bertz CT molecular complexity index is 844. The van der Waals surface area contributed by atoms with Crippen LogP contribution in [-0.2, 0) is 36.0 Å². The highest BCUT2D eigenvalue weighted by Crippen LogP contribution is 2.16. The van der Waals surface area contributed by atoms with Gasteiger partial charge in [0.25, 0.3) is 10.0 Å². The van der Waals surface area contributed by atoms with Gasteiger partial charge in [0.2, 0.25) is 0 Å². The predicted octanol–water partition coefficient (Wildman–Crippen LogP) is 3.25. The Labute approximate surface area is 151 Å². The summed E-state index contributed by atoms with van der Waals surface area (Å²) >= 11 is 0. The molecule has 25 heavy (non-hydrogen) atoms. The molecule has 2 aromatic carbocycles. The smallest absolute Gasteiger partial charge is 0.306 e. The lowest BCUT2D eigenvalue weighted by atomic mass is 10.2. The number of benzene rings is 2. The van der Waals surface area contributed by atoms with E-state index < -0.39 is 20.7 Å². The molecule has 0 aromatic heterocycles. The van der Waals surface area contributed by atoms with Gasteiger partial charge in [0.05, 0.1) is 18.4 Å². The number of aryl methyl sites for hydroxylation is 1. The Morgan fingerprint density at radius 3 is 2.32 bits per heavy atom. The maximum absolute atomic E-state index is 12.6. The van der Waals surface area contributed by atoms with E-state index in [1.807, 2.05) is 37.3 Å². The number of ether oxygens (including phenoxy) is 1. The Hall–Kier alpha value is -1.99. The fourth-order valence-electron chi connectivity index (χ4n) is 2.10. The zero-order valence-electron chi connectivity index (χ0n) is 14.2. The van der Waals surface area contributed by atoms with E-state index in [1.165, 1.54) is 7.11 Å². The van der Waals surface area contributed by atoms with E-state index in [4.69, 9.17) is 0 Å². The molecule has 0 radical (unpaired) electrons. The summed E-state index contributed by atoms with van der Waals surface area (Å²) in [7, 11) is -3.29. The molecule has 0 bridgehead atoms. The summed E-state index contributed by atoms with van der Waals surface area (Å²) in [5, 5.41) is 0. The molecule has 1 atom stereocenters.